The summed E-state index contributed by atoms with van der Waals surface area (Å²) in [5, 5.41) is 0. The van der Waals surface area contributed by atoms with Gasteiger partial charge in [-0.05, 0) is 37.1 Å². The van der Waals surface area contributed by atoms with Gasteiger partial charge in [-0.25, -0.2) is 19.4 Å². The van der Waals surface area contributed by atoms with Crippen molar-refractivity contribution in [3.63, 3.8) is 0 Å². The van der Waals surface area contributed by atoms with E-state index < -0.39 is 17.9 Å². The molecular weight excluding hydrogens is 352 g/mol. The number of nitrogens with zero attached hydrogens (tertiary/aromatic N) is 2. The zero-order valence-corrected chi connectivity index (χ0v) is 15.3. The van der Waals surface area contributed by atoms with Crippen LogP contribution in [0.15, 0.2) is 42.5 Å². The first-order valence-electron chi connectivity index (χ1n) is 7.84. The molecule has 132 valence electrons. The van der Waals surface area contributed by atoms with E-state index in [2.05, 4.69) is 0 Å². The van der Waals surface area contributed by atoms with Crippen molar-refractivity contribution in [2.45, 2.75) is 13.8 Å². The lowest BCUT2D eigenvalue weighted by Crippen LogP contribution is -2.34. The minimum Gasteiger partial charge on any atom is -0.465 e. The third-order valence-corrected chi connectivity index (χ3v) is 4.54. The number of anilines is 2. The van der Waals surface area contributed by atoms with E-state index >= 15 is 0 Å². The Morgan fingerprint density at radius 1 is 0.962 bits per heavy atom. The summed E-state index contributed by atoms with van der Waals surface area (Å²) in [6.45, 7) is 3.63. The van der Waals surface area contributed by atoms with E-state index in [1.54, 1.807) is 18.2 Å². The van der Waals surface area contributed by atoms with Gasteiger partial charge in [0.15, 0.2) is 4.99 Å². The minimum absolute atomic E-state index is 0.154. The van der Waals surface area contributed by atoms with Gasteiger partial charge in [0.2, 0.25) is 0 Å². The molecule has 0 spiro atoms. The van der Waals surface area contributed by atoms with Crippen molar-refractivity contribution in [1.82, 2.24) is 0 Å². The molecule has 1 fully saturated rings. The van der Waals surface area contributed by atoms with Crippen molar-refractivity contribution >= 4 is 46.5 Å². The summed E-state index contributed by atoms with van der Waals surface area (Å²) in [5.74, 6) is -1.21. The maximum absolute atomic E-state index is 13.1. The molecule has 1 aliphatic heterocycles. The zero-order valence-electron chi connectivity index (χ0n) is 14.5. The second-order valence-corrected chi connectivity index (χ2v) is 6.20. The van der Waals surface area contributed by atoms with Crippen molar-refractivity contribution in [3.8, 4) is 0 Å². The number of aryl methyl sites for hydroxylation is 2. The average molecular weight is 368 g/mol. The largest absolute Gasteiger partial charge is 0.465 e. The van der Waals surface area contributed by atoms with E-state index in [1.165, 1.54) is 13.2 Å². The lowest BCUT2D eigenvalue weighted by Gasteiger charge is -2.20. The summed E-state index contributed by atoms with van der Waals surface area (Å²) in [6.07, 6.45) is 0. The predicted molar refractivity (Wildman–Crippen MR) is 102 cm³/mol. The van der Waals surface area contributed by atoms with Gasteiger partial charge in [-0.3, -0.25) is 4.79 Å². The molecule has 26 heavy (non-hydrogen) atoms. The molecule has 0 aliphatic carbocycles. The molecule has 3 rings (SSSR count). The molecule has 0 saturated carbocycles. The highest BCUT2D eigenvalue weighted by Gasteiger charge is 2.45. The summed E-state index contributed by atoms with van der Waals surface area (Å²) >= 11 is 5.23. The van der Waals surface area contributed by atoms with Crippen LogP contribution in [0.5, 0.6) is 0 Å². The van der Waals surface area contributed by atoms with E-state index in [-0.39, 0.29) is 16.2 Å². The van der Waals surface area contributed by atoms with Gasteiger partial charge in [-0.1, -0.05) is 42.5 Å². The zero-order chi connectivity index (χ0) is 19.0. The number of carbonyl (C=O) groups excluding carboxylic acids is 3. The lowest BCUT2D eigenvalue weighted by molar-refractivity contribution is -0.111. The normalized spacial score (nSPS) is 14.2. The van der Waals surface area contributed by atoms with Crippen LogP contribution < -0.4 is 9.80 Å². The number of ether oxygens (including phenoxy) is 1. The van der Waals surface area contributed by atoms with Crippen LogP contribution in [0, 0.1) is 13.8 Å². The summed E-state index contributed by atoms with van der Waals surface area (Å²) in [5.41, 5.74) is 2.43. The standard InChI is InChI=1S/C19H16N2O4S/c1-11-7-6-8-12(2)15(11)21-16(22)17(26)20(19(21)24)14-10-5-4-9-13(14)18(23)25-3/h4-10H,1-3H3. The number of urea groups is 1. The van der Waals surface area contributed by atoms with Crippen LogP contribution in [-0.2, 0) is 9.53 Å². The highest BCUT2D eigenvalue weighted by atomic mass is 32.1. The number of hydrogen-bond donors (Lipinski definition) is 0. The number of para-hydroxylation sites is 2. The molecule has 3 amide bonds. The van der Waals surface area contributed by atoms with E-state index in [1.807, 2.05) is 32.0 Å². The molecule has 0 atom stereocenters. The highest BCUT2D eigenvalue weighted by molar-refractivity contribution is 7.82. The van der Waals surface area contributed by atoms with Gasteiger partial charge in [0.25, 0.3) is 5.91 Å². The number of hydrogen-bond acceptors (Lipinski definition) is 5. The van der Waals surface area contributed by atoms with Gasteiger partial charge in [-0.15, -0.1) is 0 Å². The minimum atomic E-state index is -0.617. The van der Waals surface area contributed by atoms with Gasteiger partial charge in [-0.2, -0.15) is 0 Å². The van der Waals surface area contributed by atoms with Crippen LogP contribution in [0.2, 0.25) is 0 Å². The second kappa shape index (κ2) is 6.68. The smallest absolute Gasteiger partial charge is 0.341 e. The number of imide groups is 1. The number of esters is 1. The monoisotopic (exact) mass is 368 g/mol. The number of amides is 3. The van der Waals surface area contributed by atoms with E-state index in [0.29, 0.717) is 5.69 Å². The number of carbonyl (C=O) groups is 3. The predicted octanol–water partition coefficient (Wildman–Crippen LogP) is 3.39. The summed E-state index contributed by atoms with van der Waals surface area (Å²) in [7, 11) is 1.25. The Labute approximate surface area is 156 Å². The Balaban J connectivity index is 2.14. The topological polar surface area (TPSA) is 66.9 Å². The van der Waals surface area contributed by atoms with Gasteiger partial charge in [0, 0.05) is 0 Å². The molecule has 1 saturated heterocycles. The van der Waals surface area contributed by atoms with Crippen molar-refractivity contribution in [2.24, 2.45) is 0 Å². The molecule has 7 heteroatoms. The molecule has 2 aromatic rings. The van der Waals surface area contributed by atoms with Crippen LogP contribution in [0.4, 0.5) is 16.2 Å². The Morgan fingerprint density at radius 3 is 2.19 bits per heavy atom. The Kier molecular flexibility index (Phi) is 4.56. The van der Waals surface area contributed by atoms with Gasteiger partial charge < -0.3 is 4.74 Å². The first-order chi connectivity index (χ1) is 12.4. The molecule has 0 aromatic heterocycles. The quantitative estimate of drug-likeness (QED) is 0.472. The first kappa shape index (κ1) is 17.8. The fourth-order valence-corrected chi connectivity index (χ4v) is 3.25. The molecule has 1 aliphatic rings. The van der Waals surface area contributed by atoms with E-state index in [9.17, 15) is 14.4 Å². The molecule has 6 nitrogen and oxygen atoms in total. The second-order valence-electron chi connectivity index (χ2n) is 5.81. The van der Waals surface area contributed by atoms with Crippen molar-refractivity contribution in [1.29, 1.82) is 0 Å². The maximum Gasteiger partial charge on any atom is 0.341 e. The van der Waals surface area contributed by atoms with Crippen LogP contribution in [0.1, 0.15) is 21.5 Å². The Hall–Kier alpha value is -3.06. The maximum atomic E-state index is 13.1. The van der Waals surface area contributed by atoms with Gasteiger partial charge >= 0.3 is 12.0 Å². The summed E-state index contributed by atoms with van der Waals surface area (Å²) in [4.78, 5) is 39.8. The highest BCUT2D eigenvalue weighted by Crippen LogP contribution is 2.33. The molecule has 1 heterocycles. The third-order valence-electron chi connectivity index (χ3n) is 4.19. The van der Waals surface area contributed by atoms with Crippen molar-refractivity contribution in [2.75, 3.05) is 16.9 Å². The molecule has 0 radical (unpaired) electrons. The van der Waals surface area contributed by atoms with Gasteiger partial charge in [0.05, 0.1) is 24.0 Å². The SMILES string of the molecule is COC(=O)c1ccccc1N1C(=O)N(c2c(C)cccc2C)C(=O)C1=S. The molecule has 0 bridgehead atoms. The summed E-state index contributed by atoms with van der Waals surface area (Å²) < 4.78 is 4.76. The van der Waals surface area contributed by atoms with Crippen LogP contribution in [0.25, 0.3) is 0 Å². The molecule has 0 unspecified atom stereocenters. The van der Waals surface area contributed by atoms with E-state index in [0.717, 1.165) is 20.9 Å². The Morgan fingerprint density at radius 2 is 1.58 bits per heavy atom. The van der Waals surface area contributed by atoms with E-state index in [4.69, 9.17) is 17.0 Å². The fourth-order valence-electron chi connectivity index (χ4n) is 2.98. The van der Waals surface area contributed by atoms with Gasteiger partial charge in [0.1, 0.15) is 0 Å². The number of thiocarbonyl (C=S) groups is 1. The number of methoxy groups -OCH3 is 1. The van der Waals surface area contributed by atoms with Crippen LogP contribution >= 0.6 is 12.2 Å². The average Bonchev–Trinajstić information content (AvgIpc) is 2.84. The molecular formula is C19H16N2O4S. The van der Waals surface area contributed by atoms with Crippen LogP contribution in [0.3, 0.4) is 0 Å². The molecule has 0 N–H and O–H groups in total. The van der Waals surface area contributed by atoms with Crippen molar-refractivity contribution in [3.05, 3.63) is 59.2 Å². The third kappa shape index (κ3) is 2.66. The van der Waals surface area contributed by atoms with Crippen molar-refractivity contribution < 1.29 is 19.1 Å². The Bertz CT molecular complexity index is 934. The summed E-state index contributed by atoms with van der Waals surface area (Å²) in [6, 6.07) is 11.2. The lowest BCUT2D eigenvalue weighted by atomic mass is 10.1. The van der Waals surface area contributed by atoms with Crippen LogP contribution in [-0.4, -0.2) is 30.0 Å². The number of benzene rings is 2. The first-order valence-corrected chi connectivity index (χ1v) is 8.25. The molecule has 2 aromatic carbocycles. The number of rotatable bonds is 3. The fraction of sp³-hybridized carbons (Fsp3) is 0.158.